The van der Waals surface area contributed by atoms with Gasteiger partial charge in [-0.3, -0.25) is 19.5 Å². The summed E-state index contributed by atoms with van der Waals surface area (Å²) in [6, 6.07) is 8.56. The quantitative estimate of drug-likeness (QED) is 0.230. The number of hydrogen-bond donors (Lipinski definition) is 0. The molecular formula is C23H19FN2O7. The zero-order valence-corrected chi connectivity index (χ0v) is 17.8. The fourth-order valence-corrected chi connectivity index (χ4v) is 3.53. The lowest BCUT2D eigenvalue weighted by Gasteiger charge is -2.15. The fraction of sp³-hybridized carbons (Fsp3) is 0.217. The Hall–Kier alpha value is -4.05. The van der Waals surface area contributed by atoms with Gasteiger partial charge in [0.05, 0.1) is 13.2 Å². The van der Waals surface area contributed by atoms with Gasteiger partial charge in [-0.1, -0.05) is 12.1 Å². The van der Waals surface area contributed by atoms with Crippen LogP contribution in [-0.4, -0.2) is 48.4 Å². The van der Waals surface area contributed by atoms with Crippen molar-refractivity contribution in [3.63, 3.8) is 0 Å². The first-order chi connectivity index (χ1) is 16.0. The number of halogens is 1. The van der Waals surface area contributed by atoms with E-state index < -0.39 is 23.8 Å². The number of carbonyl (C=O) groups is 3. The van der Waals surface area contributed by atoms with E-state index in [0.29, 0.717) is 5.56 Å². The number of amides is 2. The predicted octanol–water partition coefficient (Wildman–Crippen LogP) is 3.69. The first-order valence-corrected chi connectivity index (χ1v) is 9.97. The lowest BCUT2D eigenvalue weighted by atomic mass is 10.0. The van der Waals surface area contributed by atoms with Gasteiger partial charge in [0.25, 0.3) is 11.8 Å². The Bertz CT molecular complexity index is 1240. The van der Waals surface area contributed by atoms with Crippen molar-refractivity contribution in [2.45, 2.75) is 13.5 Å². The van der Waals surface area contributed by atoms with Gasteiger partial charge >= 0.3 is 6.16 Å². The molecule has 2 heterocycles. The summed E-state index contributed by atoms with van der Waals surface area (Å²) in [5, 5.41) is 0.278. The molecule has 2 aromatic carbocycles. The second kappa shape index (κ2) is 9.21. The van der Waals surface area contributed by atoms with E-state index >= 15 is 0 Å². The number of carbonyl (C=O) groups excluding carboxylic acids is 3. The molecule has 0 radical (unpaired) electrons. The van der Waals surface area contributed by atoms with E-state index in [4.69, 9.17) is 18.9 Å². The Morgan fingerprint density at radius 2 is 1.76 bits per heavy atom. The number of methoxy groups -OCH3 is 1. The molecule has 0 atom stereocenters. The topological polar surface area (TPSA) is 104 Å². The van der Waals surface area contributed by atoms with Crippen LogP contribution >= 0.6 is 0 Å². The van der Waals surface area contributed by atoms with E-state index in [0.717, 1.165) is 4.90 Å². The number of benzene rings is 2. The van der Waals surface area contributed by atoms with Crippen molar-refractivity contribution >= 4 is 28.9 Å². The van der Waals surface area contributed by atoms with Crippen LogP contribution < -0.4 is 9.47 Å². The molecule has 33 heavy (non-hydrogen) atoms. The molecule has 9 nitrogen and oxygen atoms in total. The maximum Gasteiger partial charge on any atom is 0.513 e. The van der Waals surface area contributed by atoms with Crippen LogP contribution in [0.4, 0.5) is 9.18 Å². The second-order valence-electron chi connectivity index (χ2n) is 6.97. The van der Waals surface area contributed by atoms with Gasteiger partial charge in [0.15, 0.2) is 18.3 Å². The summed E-state index contributed by atoms with van der Waals surface area (Å²) in [6.07, 6.45) is 0.438. The third-order valence-electron chi connectivity index (χ3n) is 4.91. The molecule has 1 aromatic heterocycles. The number of aromatic nitrogens is 1. The number of nitrogens with zero attached hydrogens (tertiary/aromatic N) is 2. The van der Waals surface area contributed by atoms with E-state index in [1.54, 1.807) is 19.1 Å². The third kappa shape index (κ3) is 4.08. The van der Waals surface area contributed by atoms with Gasteiger partial charge in [-0.2, -0.15) is 0 Å². The maximum absolute atomic E-state index is 13.4. The Morgan fingerprint density at radius 1 is 1.06 bits per heavy atom. The molecule has 0 unspecified atom stereocenters. The van der Waals surface area contributed by atoms with E-state index in [1.165, 1.54) is 37.6 Å². The van der Waals surface area contributed by atoms with Gasteiger partial charge in [-0.05, 0) is 36.8 Å². The molecule has 10 heteroatoms. The van der Waals surface area contributed by atoms with Crippen LogP contribution in [0, 0.1) is 5.82 Å². The lowest BCUT2D eigenvalue weighted by Crippen LogP contribution is -2.29. The largest absolute Gasteiger partial charge is 0.513 e. The predicted molar refractivity (Wildman–Crippen MR) is 113 cm³/mol. The number of fused-ring (bicyclic) bond motifs is 2. The highest BCUT2D eigenvalue weighted by Crippen LogP contribution is 2.44. The van der Waals surface area contributed by atoms with E-state index in [2.05, 4.69) is 4.98 Å². The second-order valence-corrected chi connectivity index (χ2v) is 6.97. The molecule has 0 saturated carbocycles. The van der Waals surface area contributed by atoms with Crippen LogP contribution in [0.2, 0.25) is 0 Å². The standard InChI is InChI=1S/C23H19FN2O7/c1-3-31-23(29)33-19-15-5-4-10-25-18(15)20(32-12-30-2)17-16(19)21(27)26(22(17)28)11-13-6-8-14(24)9-7-13/h4-10H,3,11-12H2,1-2H3. The number of pyridine rings is 1. The summed E-state index contributed by atoms with van der Waals surface area (Å²) in [5.74, 6) is -1.95. The summed E-state index contributed by atoms with van der Waals surface area (Å²) < 4.78 is 34.1. The number of imide groups is 1. The minimum absolute atomic E-state index is 0.0265. The Labute approximate surface area is 187 Å². The summed E-state index contributed by atoms with van der Waals surface area (Å²) in [7, 11) is 1.40. The molecule has 0 saturated heterocycles. The van der Waals surface area contributed by atoms with Crippen LogP contribution in [0.15, 0.2) is 42.6 Å². The fourth-order valence-electron chi connectivity index (χ4n) is 3.53. The average molecular weight is 454 g/mol. The summed E-state index contributed by atoms with van der Waals surface area (Å²) in [6.45, 7) is 1.32. The monoisotopic (exact) mass is 454 g/mol. The molecule has 0 bridgehead atoms. The molecule has 0 spiro atoms. The zero-order chi connectivity index (χ0) is 23.5. The van der Waals surface area contributed by atoms with Crippen molar-refractivity contribution < 1.29 is 37.7 Å². The van der Waals surface area contributed by atoms with E-state index in [1.807, 2.05) is 0 Å². The van der Waals surface area contributed by atoms with Crippen molar-refractivity contribution in [2.24, 2.45) is 0 Å². The first-order valence-electron chi connectivity index (χ1n) is 9.97. The van der Waals surface area contributed by atoms with Gasteiger partial charge in [0, 0.05) is 18.7 Å². The average Bonchev–Trinajstić information content (AvgIpc) is 3.05. The van der Waals surface area contributed by atoms with Crippen molar-refractivity contribution in [3.8, 4) is 11.5 Å². The molecule has 0 aliphatic carbocycles. The highest BCUT2D eigenvalue weighted by Gasteiger charge is 2.43. The lowest BCUT2D eigenvalue weighted by molar-refractivity contribution is 0.0504. The molecule has 3 aromatic rings. The van der Waals surface area contributed by atoms with Crippen LogP contribution in [0.25, 0.3) is 10.9 Å². The number of rotatable bonds is 7. The van der Waals surface area contributed by atoms with Crippen molar-refractivity contribution in [3.05, 3.63) is 65.1 Å². The molecular weight excluding hydrogens is 435 g/mol. The minimum atomic E-state index is -1.03. The summed E-state index contributed by atoms with van der Waals surface area (Å²) >= 11 is 0. The molecule has 0 N–H and O–H groups in total. The van der Waals surface area contributed by atoms with Gasteiger partial charge in [-0.25, -0.2) is 9.18 Å². The zero-order valence-electron chi connectivity index (χ0n) is 17.8. The highest BCUT2D eigenvalue weighted by atomic mass is 19.1. The number of hydrogen-bond acceptors (Lipinski definition) is 8. The molecule has 170 valence electrons. The minimum Gasteiger partial charge on any atom is -0.464 e. The van der Waals surface area contributed by atoms with Crippen molar-refractivity contribution in [2.75, 3.05) is 20.5 Å². The highest BCUT2D eigenvalue weighted by molar-refractivity contribution is 6.27. The summed E-state index contributed by atoms with van der Waals surface area (Å²) in [4.78, 5) is 44.2. The Morgan fingerprint density at radius 3 is 2.42 bits per heavy atom. The van der Waals surface area contributed by atoms with Gasteiger partial charge in [-0.15, -0.1) is 0 Å². The van der Waals surface area contributed by atoms with Gasteiger partial charge in [0.1, 0.15) is 22.5 Å². The molecule has 1 aliphatic heterocycles. The third-order valence-corrected chi connectivity index (χ3v) is 4.91. The van der Waals surface area contributed by atoms with E-state index in [9.17, 15) is 18.8 Å². The molecule has 1 aliphatic rings. The smallest absolute Gasteiger partial charge is 0.464 e. The van der Waals surface area contributed by atoms with Crippen LogP contribution in [0.1, 0.15) is 33.2 Å². The van der Waals surface area contributed by atoms with E-state index in [-0.39, 0.29) is 53.5 Å². The maximum atomic E-state index is 13.4. The van der Waals surface area contributed by atoms with Crippen LogP contribution in [0.5, 0.6) is 11.5 Å². The van der Waals surface area contributed by atoms with Crippen molar-refractivity contribution in [1.82, 2.24) is 9.88 Å². The molecule has 0 fully saturated rings. The number of ether oxygens (including phenoxy) is 4. The molecule has 4 rings (SSSR count). The Kier molecular flexibility index (Phi) is 6.18. The SMILES string of the molecule is CCOC(=O)Oc1c2c(c(OCOC)c3ncccc13)C(=O)N(Cc1ccc(F)cc1)C2=O. The van der Waals surface area contributed by atoms with Crippen LogP contribution in [-0.2, 0) is 16.0 Å². The first kappa shape index (κ1) is 22.2. The van der Waals surface area contributed by atoms with Crippen molar-refractivity contribution in [1.29, 1.82) is 0 Å². The van der Waals surface area contributed by atoms with Crippen LogP contribution in [0.3, 0.4) is 0 Å². The normalized spacial score (nSPS) is 12.8. The van der Waals surface area contributed by atoms with Gasteiger partial charge in [0.2, 0.25) is 0 Å². The van der Waals surface area contributed by atoms with Gasteiger partial charge < -0.3 is 18.9 Å². The molecule has 2 amide bonds. The Balaban J connectivity index is 1.89. The summed E-state index contributed by atoms with van der Waals surface area (Å²) in [5.41, 5.74) is 0.476.